The van der Waals surface area contributed by atoms with Crippen molar-refractivity contribution in [1.29, 1.82) is 0 Å². The minimum absolute atomic E-state index is 0.0903. The van der Waals surface area contributed by atoms with Gasteiger partial charge in [0.25, 0.3) is 11.8 Å². The van der Waals surface area contributed by atoms with Crippen LogP contribution in [0.25, 0.3) is 0 Å². The van der Waals surface area contributed by atoms with Crippen molar-refractivity contribution in [2.75, 3.05) is 7.11 Å². The molecule has 3 aliphatic carbocycles. The summed E-state index contributed by atoms with van der Waals surface area (Å²) in [4.78, 5) is 27.1. The number of nitrogens with zero attached hydrogens (tertiary/aromatic N) is 2. The number of halogens is 1. The Morgan fingerprint density at radius 2 is 1.39 bits per heavy atom. The van der Waals surface area contributed by atoms with Crippen LogP contribution in [0.2, 0.25) is 5.02 Å². The molecule has 2 bridgehead atoms. The normalized spacial score (nSPS) is 24.7. The van der Waals surface area contributed by atoms with Gasteiger partial charge >= 0.3 is 0 Å². The van der Waals surface area contributed by atoms with Crippen molar-refractivity contribution < 1.29 is 19.4 Å². The summed E-state index contributed by atoms with van der Waals surface area (Å²) < 4.78 is 5.12. The van der Waals surface area contributed by atoms with E-state index in [0.29, 0.717) is 5.56 Å². The minimum Gasteiger partial charge on any atom is -0.503 e. The standard InChI is InChI=1S/C26H19ClN2O4/c1-33-19-11-13(10-18(27)24(19)30)12-28-29-25(31)22-20-14-6-2-3-7-15(14)21(23(22)26(29)32)17-9-5-4-8-16(17)20/h2-12,20-23,30H,1H3/b28-12-/t20?,21?,22-,23-/m0/s1. The number of phenols is 1. The second kappa shape index (κ2) is 7.18. The Labute approximate surface area is 195 Å². The second-order valence-corrected chi connectivity index (χ2v) is 8.96. The zero-order valence-corrected chi connectivity index (χ0v) is 18.4. The van der Waals surface area contributed by atoms with Gasteiger partial charge in [0.1, 0.15) is 0 Å². The van der Waals surface area contributed by atoms with Crippen molar-refractivity contribution in [1.82, 2.24) is 5.01 Å². The number of phenolic OH excluding ortho intramolecular Hbond substituents is 1. The van der Waals surface area contributed by atoms with Crippen LogP contribution in [0, 0.1) is 11.8 Å². The van der Waals surface area contributed by atoms with Gasteiger partial charge in [-0.3, -0.25) is 9.59 Å². The third-order valence-corrected chi connectivity index (χ3v) is 7.31. The molecule has 3 aromatic rings. The van der Waals surface area contributed by atoms with Crippen molar-refractivity contribution in [2.45, 2.75) is 11.8 Å². The van der Waals surface area contributed by atoms with Gasteiger partial charge in [0.2, 0.25) is 0 Å². The predicted molar refractivity (Wildman–Crippen MR) is 123 cm³/mol. The maximum atomic E-state index is 13.5. The highest BCUT2D eigenvalue weighted by Crippen LogP contribution is 2.60. The van der Waals surface area contributed by atoms with Crippen molar-refractivity contribution in [3.05, 3.63) is 93.5 Å². The Morgan fingerprint density at radius 1 is 0.909 bits per heavy atom. The number of hydrogen-bond acceptors (Lipinski definition) is 5. The van der Waals surface area contributed by atoms with Crippen molar-refractivity contribution in [3.8, 4) is 11.5 Å². The number of methoxy groups -OCH3 is 1. The number of hydrogen-bond donors (Lipinski definition) is 1. The monoisotopic (exact) mass is 458 g/mol. The molecule has 0 saturated carbocycles. The van der Waals surface area contributed by atoms with E-state index in [1.54, 1.807) is 0 Å². The average molecular weight is 459 g/mol. The molecular formula is C26H19ClN2O4. The molecule has 0 radical (unpaired) electrons. The first kappa shape index (κ1) is 20.0. The summed E-state index contributed by atoms with van der Waals surface area (Å²) in [5.41, 5.74) is 4.96. The lowest BCUT2D eigenvalue weighted by atomic mass is 9.55. The van der Waals surface area contributed by atoms with E-state index in [0.717, 1.165) is 27.3 Å². The van der Waals surface area contributed by atoms with E-state index in [9.17, 15) is 14.7 Å². The van der Waals surface area contributed by atoms with E-state index >= 15 is 0 Å². The molecule has 6 nitrogen and oxygen atoms in total. The van der Waals surface area contributed by atoms with Crippen LogP contribution in [0.1, 0.15) is 39.7 Å². The number of aromatic hydroxyl groups is 1. The predicted octanol–water partition coefficient (Wildman–Crippen LogP) is 4.28. The molecule has 164 valence electrons. The molecule has 2 atom stereocenters. The van der Waals surface area contributed by atoms with Crippen LogP contribution in [-0.2, 0) is 9.59 Å². The summed E-state index contributed by atoms with van der Waals surface area (Å²) in [5.74, 6) is -1.90. The van der Waals surface area contributed by atoms with Crippen LogP contribution < -0.4 is 4.74 Å². The quantitative estimate of drug-likeness (QED) is 0.469. The maximum absolute atomic E-state index is 13.5. The first-order chi connectivity index (χ1) is 16.0. The Bertz CT molecular complexity index is 1250. The molecule has 33 heavy (non-hydrogen) atoms. The fraction of sp³-hybridized carbons (Fsp3) is 0.192. The van der Waals surface area contributed by atoms with Crippen molar-refractivity contribution in [2.24, 2.45) is 16.9 Å². The molecule has 3 aromatic carbocycles. The zero-order chi connectivity index (χ0) is 22.9. The Balaban J connectivity index is 1.42. The van der Waals surface area contributed by atoms with Crippen LogP contribution in [0.3, 0.4) is 0 Å². The first-order valence-electron chi connectivity index (χ1n) is 10.7. The van der Waals surface area contributed by atoms with Crippen molar-refractivity contribution in [3.63, 3.8) is 0 Å². The molecule has 1 heterocycles. The molecule has 0 unspecified atom stereocenters. The number of hydrazone groups is 1. The lowest BCUT2D eigenvalue weighted by Gasteiger charge is -2.45. The van der Waals surface area contributed by atoms with Gasteiger partial charge in [-0.15, -0.1) is 0 Å². The van der Waals surface area contributed by atoms with E-state index < -0.39 is 11.8 Å². The third-order valence-electron chi connectivity index (χ3n) is 7.02. The van der Waals surface area contributed by atoms with Crippen LogP contribution in [0.4, 0.5) is 0 Å². The number of carbonyl (C=O) groups is 2. The van der Waals surface area contributed by atoms with E-state index in [2.05, 4.69) is 29.4 Å². The molecule has 1 saturated heterocycles. The summed E-state index contributed by atoms with van der Waals surface area (Å²) in [7, 11) is 1.41. The Kier molecular flexibility index (Phi) is 4.35. The highest BCUT2D eigenvalue weighted by atomic mass is 35.5. The van der Waals surface area contributed by atoms with Gasteiger partial charge in [-0.1, -0.05) is 60.1 Å². The number of imide groups is 1. The fourth-order valence-corrected chi connectivity index (χ4v) is 5.94. The van der Waals surface area contributed by atoms with Crippen LogP contribution >= 0.6 is 11.6 Å². The molecule has 0 aromatic heterocycles. The Morgan fingerprint density at radius 3 is 1.85 bits per heavy atom. The van der Waals surface area contributed by atoms with E-state index in [4.69, 9.17) is 16.3 Å². The van der Waals surface area contributed by atoms with Crippen molar-refractivity contribution >= 4 is 29.6 Å². The first-order valence-corrected chi connectivity index (χ1v) is 11.0. The molecule has 1 N–H and O–H groups in total. The number of benzene rings is 3. The molecule has 0 spiro atoms. The summed E-state index contributed by atoms with van der Waals surface area (Å²) in [6.07, 6.45) is 1.39. The van der Waals surface area contributed by atoms with Crippen LogP contribution in [0.15, 0.2) is 65.8 Å². The average Bonchev–Trinajstić information content (AvgIpc) is 3.09. The molecule has 7 heteroatoms. The highest BCUT2D eigenvalue weighted by molar-refractivity contribution is 6.32. The fourth-order valence-electron chi connectivity index (χ4n) is 5.72. The smallest absolute Gasteiger partial charge is 0.254 e. The molecule has 2 amide bonds. The van der Waals surface area contributed by atoms with Gasteiger partial charge in [-0.2, -0.15) is 10.1 Å². The van der Waals surface area contributed by atoms with Gasteiger partial charge in [0.05, 0.1) is 30.2 Å². The molecular weight excluding hydrogens is 440 g/mol. The van der Waals surface area contributed by atoms with Gasteiger partial charge in [0, 0.05) is 11.8 Å². The summed E-state index contributed by atoms with van der Waals surface area (Å²) in [6.45, 7) is 0. The van der Waals surface area contributed by atoms with Gasteiger partial charge in [0.15, 0.2) is 11.5 Å². The SMILES string of the molecule is COc1cc(/C=N\N2C(=O)[C@H]3C4c5ccccc5C(c5ccccc54)[C@@H]3C2=O)cc(Cl)c1O. The summed E-state index contributed by atoms with van der Waals surface area (Å²) in [5, 5.41) is 15.3. The molecule has 4 aliphatic rings. The number of carbonyl (C=O) groups excluding carboxylic acids is 2. The van der Waals surface area contributed by atoms with Gasteiger partial charge < -0.3 is 9.84 Å². The summed E-state index contributed by atoms with van der Waals surface area (Å²) in [6, 6.07) is 19.2. The van der Waals surface area contributed by atoms with Crippen LogP contribution in [0.5, 0.6) is 11.5 Å². The van der Waals surface area contributed by atoms with E-state index in [1.165, 1.54) is 25.5 Å². The molecule has 1 fully saturated rings. The zero-order valence-electron chi connectivity index (χ0n) is 17.6. The molecule has 7 rings (SSSR count). The summed E-state index contributed by atoms with van der Waals surface area (Å²) >= 11 is 6.06. The molecule has 1 aliphatic heterocycles. The topological polar surface area (TPSA) is 79.2 Å². The third kappa shape index (κ3) is 2.70. The van der Waals surface area contributed by atoms with Gasteiger partial charge in [-0.05, 0) is 39.9 Å². The van der Waals surface area contributed by atoms with E-state index in [-0.39, 0.29) is 40.2 Å². The number of amides is 2. The largest absolute Gasteiger partial charge is 0.503 e. The second-order valence-electron chi connectivity index (χ2n) is 8.55. The van der Waals surface area contributed by atoms with Gasteiger partial charge in [-0.25, -0.2) is 0 Å². The lowest BCUT2D eigenvalue weighted by Crippen LogP contribution is -2.41. The highest BCUT2D eigenvalue weighted by Gasteiger charge is 2.61. The van der Waals surface area contributed by atoms with Crippen LogP contribution in [-0.4, -0.2) is 35.3 Å². The minimum atomic E-state index is -0.484. The maximum Gasteiger partial charge on any atom is 0.254 e. The van der Waals surface area contributed by atoms with E-state index in [1.807, 2.05) is 24.3 Å². The number of rotatable bonds is 3. The lowest BCUT2D eigenvalue weighted by molar-refractivity contribution is -0.139. The number of ether oxygens (including phenoxy) is 1. The Hall–Kier alpha value is -3.64.